The van der Waals surface area contributed by atoms with Crippen LogP contribution in [0, 0.1) is 11.3 Å². The lowest BCUT2D eigenvalue weighted by Crippen LogP contribution is -2.66. The van der Waals surface area contributed by atoms with Gasteiger partial charge in [-0.2, -0.15) is 0 Å². The van der Waals surface area contributed by atoms with Crippen LogP contribution in [0.25, 0.3) is 11.2 Å². The van der Waals surface area contributed by atoms with Crippen molar-refractivity contribution in [2.24, 2.45) is 11.3 Å². The standard InChI is InChI=1S/C42H66N8O8/c1-6-10-21-42(5,9-4)28-23-32(54)50(41(28)57)22-18-16-14-12-11-13-15-17-20-30(52)43-24-31(53)46-33-29(25-51)58-40(36(56)35(33)55)49-39-34-38(44-26-45-39)48-37(47-34)27(8-3)19-7-2/h6,8,10,26-29,33,35-36,40,51,55-56H,3,7,9,11-25H2,1-2,4-5H3,(H,43,52)(H,46,53)(H2,44,45,47,48,49)/t27?,28?,29-,33-,35+,36-,40-,42?/m0/s1. The number of nitrogens with zero attached hydrogens (tertiary/aromatic N) is 4. The molecular weight excluding hydrogens is 745 g/mol. The molecule has 322 valence electrons. The number of aromatic amines is 1. The zero-order chi connectivity index (χ0) is 42.2. The van der Waals surface area contributed by atoms with Crippen molar-refractivity contribution in [1.82, 2.24) is 35.5 Å². The van der Waals surface area contributed by atoms with Gasteiger partial charge >= 0.3 is 0 Å². The molecule has 7 N–H and O–H groups in total. The van der Waals surface area contributed by atoms with Crippen LogP contribution in [-0.2, 0) is 23.9 Å². The number of allylic oxidation sites excluding steroid dienone is 3. The van der Waals surface area contributed by atoms with Crippen molar-refractivity contribution >= 4 is 40.6 Å². The zero-order valence-electron chi connectivity index (χ0n) is 34.8. The van der Waals surface area contributed by atoms with Crippen molar-refractivity contribution in [2.45, 2.75) is 154 Å². The predicted molar refractivity (Wildman–Crippen MR) is 220 cm³/mol. The first-order valence-electron chi connectivity index (χ1n) is 21.1. The maximum Gasteiger partial charge on any atom is 0.239 e. The van der Waals surface area contributed by atoms with Crippen LogP contribution < -0.4 is 16.0 Å². The van der Waals surface area contributed by atoms with Gasteiger partial charge in [0, 0.05) is 25.3 Å². The molecule has 0 aromatic carbocycles. The van der Waals surface area contributed by atoms with Gasteiger partial charge in [0.05, 0.1) is 25.1 Å². The fourth-order valence-electron chi connectivity index (χ4n) is 7.87. The average Bonchev–Trinajstić information content (AvgIpc) is 3.79. The molecule has 16 nitrogen and oxygen atoms in total. The summed E-state index contributed by atoms with van der Waals surface area (Å²) in [6.07, 6.45) is 13.2. The van der Waals surface area contributed by atoms with Crippen LogP contribution in [0.2, 0.25) is 0 Å². The Labute approximate surface area is 342 Å². The number of nitrogens with one attached hydrogen (secondary N) is 4. The number of imidazole rings is 1. The van der Waals surface area contributed by atoms with Gasteiger partial charge in [-0.25, -0.2) is 15.0 Å². The van der Waals surface area contributed by atoms with Gasteiger partial charge in [0.2, 0.25) is 23.6 Å². The lowest BCUT2D eigenvalue weighted by atomic mass is 9.71. The maximum absolute atomic E-state index is 13.1. The molecule has 0 bridgehead atoms. The summed E-state index contributed by atoms with van der Waals surface area (Å²) in [4.78, 5) is 68.7. The number of carbonyl (C=O) groups is 4. The Bertz CT molecular complexity index is 1700. The predicted octanol–water partition coefficient (Wildman–Crippen LogP) is 4.14. The summed E-state index contributed by atoms with van der Waals surface area (Å²) >= 11 is 0. The molecule has 4 rings (SSSR count). The van der Waals surface area contributed by atoms with Crippen molar-refractivity contribution < 1.29 is 39.2 Å². The molecule has 4 heterocycles. The van der Waals surface area contributed by atoms with Crippen LogP contribution in [-0.4, -0.2) is 114 Å². The number of ether oxygens (including phenoxy) is 1. The van der Waals surface area contributed by atoms with E-state index in [-0.39, 0.29) is 53.8 Å². The molecule has 0 aliphatic carbocycles. The number of rotatable bonds is 25. The number of hydrogen-bond acceptors (Lipinski definition) is 12. The first-order chi connectivity index (χ1) is 27.9. The minimum absolute atomic E-state index is 0.0163. The summed E-state index contributed by atoms with van der Waals surface area (Å²) in [6, 6.07) is -1.15. The Balaban J connectivity index is 1.10. The first-order valence-corrected chi connectivity index (χ1v) is 21.1. The number of aromatic nitrogens is 4. The molecule has 2 aliphatic heterocycles. The second-order valence-electron chi connectivity index (χ2n) is 15.9. The monoisotopic (exact) mass is 811 g/mol. The molecule has 0 saturated carbocycles. The Morgan fingerprint density at radius 3 is 2.43 bits per heavy atom. The normalized spacial score (nSPS) is 23.9. The number of aliphatic hydroxyl groups is 3. The smallest absolute Gasteiger partial charge is 0.239 e. The van der Waals surface area contributed by atoms with Crippen LogP contribution in [0.1, 0.15) is 129 Å². The molecule has 2 aliphatic rings. The Morgan fingerprint density at radius 2 is 1.78 bits per heavy atom. The number of anilines is 1. The number of hydrogen-bond donors (Lipinski definition) is 7. The summed E-state index contributed by atoms with van der Waals surface area (Å²) in [5.41, 5.74) is 0.665. The van der Waals surface area contributed by atoms with E-state index in [9.17, 15) is 34.5 Å². The van der Waals surface area contributed by atoms with Gasteiger partial charge in [0.25, 0.3) is 0 Å². The third-order valence-electron chi connectivity index (χ3n) is 11.8. The van der Waals surface area contributed by atoms with E-state index in [1.54, 1.807) is 0 Å². The molecule has 0 spiro atoms. The summed E-state index contributed by atoms with van der Waals surface area (Å²) in [5, 5.41) is 40.2. The highest BCUT2D eigenvalue weighted by atomic mass is 16.5. The zero-order valence-corrected chi connectivity index (χ0v) is 34.8. The number of H-pyrrole nitrogens is 1. The van der Waals surface area contributed by atoms with Gasteiger partial charge in [0.1, 0.15) is 36.0 Å². The van der Waals surface area contributed by atoms with E-state index in [0.717, 1.165) is 70.6 Å². The first kappa shape index (κ1) is 46.4. The highest BCUT2D eigenvalue weighted by molar-refractivity contribution is 6.04. The highest BCUT2D eigenvalue weighted by Gasteiger charge is 2.47. The van der Waals surface area contributed by atoms with E-state index >= 15 is 0 Å². The SMILES string of the molecule is C=CC(CCC)c1nc2ncnc(N[C@H]3O[C@@H](CO)[C@H](NC(=O)CNC(=O)CCCCCCCCCCN4C(=O)CC(C(C)(CC)CC=CC)C4=O)[C@@H](O)[C@@H]3O)c2[nH]1. The number of likely N-dealkylation sites (tertiary alicyclic amines) is 1. The third-order valence-corrected chi connectivity index (χ3v) is 11.8. The quantitative estimate of drug-likeness (QED) is 0.0426. The fourth-order valence-corrected chi connectivity index (χ4v) is 7.87. The molecule has 2 fully saturated rings. The number of unbranched alkanes of at least 4 members (excludes halogenated alkanes) is 7. The number of carbonyl (C=O) groups excluding carboxylic acids is 4. The molecule has 16 heteroatoms. The Kier molecular flexibility index (Phi) is 18.2. The molecule has 2 saturated heterocycles. The maximum atomic E-state index is 13.1. The van der Waals surface area contributed by atoms with Crippen molar-refractivity contribution in [2.75, 3.05) is 25.0 Å². The lowest BCUT2D eigenvalue weighted by molar-refractivity contribution is -0.185. The van der Waals surface area contributed by atoms with E-state index in [4.69, 9.17) is 4.74 Å². The van der Waals surface area contributed by atoms with Crippen LogP contribution in [0.5, 0.6) is 0 Å². The van der Waals surface area contributed by atoms with Crippen LogP contribution in [0.3, 0.4) is 0 Å². The average molecular weight is 811 g/mol. The molecule has 2 aromatic rings. The van der Waals surface area contributed by atoms with E-state index < -0.39 is 43.1 Å². The number of amides is 4. The van der Waals surface area contributed by atoms with Gasteiger partial charge in [-0.15, -0.1) is 6.58 Å². The van der Waals surface area contributed by atoms with E-state index in [1.165, 1.54) is 11.2 Å². The Morgan fingerprint density at radius 1 is 1.07 bits per heavy atom. The van der Waals surface area contributed by atoms with Crippen LogP contribution in [0.4, 0.5) is 5.82 Å². The van der Waals surface area contributed by atoms with E-state index in [0.29, 0.717) is 36.4 Å². The van der Waals surface area contributed by atoms with Gasteiger partial charge < -0.3 is 41.0 Å². The van der Waals surface area contributed by atoms with Crippen LogP contribution in [0.15, 0.2) is 31.1 Å². The third kappa shape index (κ3) is 12.1. The summed E-state index contributed by atoms with van der Waals surface area (Å²) in [7, 11) is 0. The molecule has 4 amide bonds. The number of imide groups is 1. The van der Waals surface area contributed by atoms with Gasteiger partial charge in [0.15, 0.2) is 17.7 Å². The van der Waals surface area contributed by atoms with E-state index in [1.807, 2.05) is 19.1 Å². The summed E-state index contributed by atoms with van der Waals surface area (Å²) < 4.78 is 5.88. The Hall–Kier alpha value is -4.25. The molecule has 0 radical (unpaired) electrons. The highest BCUT2D eigenvalue weighted by Crippen LogP contribution is 2.42. The molecule has 8 atom stereocenters. The number of aliphatic hydroxyl groups excluding tert-OH is 3. The summed E-state index contributed by atoms with van der Waals surface area (Å²) in [6.45, 7) is 11.7. The molecule has 2 aromatic heterocycles. The van der Waals surface area contributed by atoms with Crippen molar-refractivity contribution in [3.8, 4) is 0 Å². The largest absolute Gasteiger partial charge is 0.394 e. The molecule has 3 unspecified atom stereocenters. The second-order valence-corrected chi connectivity index (χ2v) is 15.9. The van der Waals surface area contributed by atoms with Crippen molar-refractivity contribution in [3.05, 3.63) is 37.0 Å². The second kappa shape index (κ2) is 22.8. The molecular formula is C42H66N8O8. The van der Waals surface area contributed by atoms with E-state index in [2.05, 4.69) is 69.3 Å². The van der Waals surface area contributed by atoms with Gasteiger partial charge in [-0.3, -0.25) is 24.1 Å². The van der Waals surface area contributed by atoms with Crippen LogP contribution >= 0.6 is 0 Å². The lowest BCUT2D eigenvalue weighted by Gasteiger charge is -2.42. The fraction of sp³-hybridized carbons (Fsp3) is 0.690. The van der Waals surface area contributed by atoms with Gasteiger partial charge in [-0.1, -0.05) is 83.9 Å². The minimum atomic E-state index is -1.52. The molecule has 58 heavy (non-hydrogen) atoms. The number of fused-ring (bicyclic) bond motifs is 1. The minimum Gasteiger partial charge on any atom is -0.394 e. The van der Waals surface area contributed by atoms with Crippen molar-refractivity contribution in [1.29, 1.82) is 0 Å². The van der Waals surface area contributed by atoms with Crippen molar-refractivity contribution in [3.63, 3.8) is 0 Å². The topological polar surface area (TPSA) is 232 Å². The summed E-state index contributed by atoms with van der Waals surface area (Å²) in [5.74, 6) is -0.278. The van der Waals surface area contributed by atoms with Gasteiger partial charge in [-0.05, 0) is 44.4 Å².